The van der Waals surface area contributed by atoms with E-state index in [1.807, 2.05) is 24.3 Å². The second kappa shape index (κ2) is 3.25. The lowest BCUT2D eigenvalue weighted by Gasteiger charge is -1.95. The molecule has 0 atom stereocenters. The molecule has 0 saturated heterocycles. The number of amidine groups is 1. The highest BCUT2D eigenvalue weighted by molar-refractivity contribution is 8.12. The van der Waals surface area contributed by atoms with Crippen LogP contribution in [0.15, 0.2) is 28.7 Å². The van der Waals surface area contributed by atoms with Crippen LogP contribution in [-0.4, -0.2) is 14.3 Å². The van der Waals surface area contributed by atoms with Crippen LogP contribution in [-0.2, 0) is 15.7 Å². The number of anilines is 1. The van der Waals surface area contributed by atoms with Crippen molar-refractivity contribution in [1.82, 2.24) is 0 Å². The van der Waals surface area contributed by atoms with Gasteiger partial charge < -0.3 is 5.32 Å². The van der Waals surface area contributed by atoms with E-state index in [1.165, 1.54) is 0 Å². The van der Waals surface area contributed by atoms with E-state index in [4.69, 9.17) is 10.7 Å². The van der Waals surface area contributed by atoms with Gasteiger partial charge >= 0.3 is 9.24 Å². The van der Waals surface area contributed by atoms with Gasteiger partial charge in [0.05, 0.1) is 0 Å². The molecule has 0 radical (unpaired) electrons. The van der Waals surface area contributed by atoms with Crippen molar-refractivity contribution in [3.05, 3.63) is 29.8 Å². The molecule has 0 bridgehead atoms. The van der Waals surface area contributed by atoms with Crippen LogP contribution in [0.25, 0.3) is 0 Å². The fraction of sp³-hybridized carbons (Fsp3) is 0.125. The van der Waals surface area contributed by atoms with Crippen LogP contribution >= 0.6 is 10.7 Å². The van der Waals surface area contributed by atoms with Crippen LogP contribution in [0.4, 0.5) is 5.69 Å². The van der Waals surface area contributed by atoms with Crippen LogP contribution in [0.2, 0.25) is 0 Å². The Labute approximate surface area is 86.2 Å². The molecule has 1 aliphatic heterocycles. The van der Waals surface area contributed by atoms with Crippen molar-refractivity contribution in [3.63, 3.8) is 0 Å². The first-order valence-electron chi connectivity index (χ1n) is 3.93. The SMILES string of the molecule is O=S(=O)(Cl)/N=C1/Cc2ccccc2N1. The molecule has 0 spiro atoms. The van der Waals surface area contributed by atoms with Gasteiger partial charge in [0.25, 0.3) is 0 Å². The first kappa shape index (κ1) is 9.48. The van der Waals surface area contributed by atoms with Gasteiger partial charge in [-0.1, -0.05) is 18.2 Å². The molecule has 0 amide bonds. The molecule has 6 heteroatoms. The van der Waals surface area contributed by atoms with Crippen LogP contribution in [0.5, 0.6) is 0 Å². The van der Waals surface area contributed by atoms with Crippen molar-refractivity contribution in [2.24, 2.45) is 4.40 Å². The molecule has 0 fully saturated rings. The lowest BCUT2D eigenvalue weighted by molar-refractivity contribution is 0.611. The molecule has 2 rings (SSSR count). The summed E-state index contributed by atoms with van der Waals surface area (Å²) in [6.45, 7) is 0. The number of para-hydroxylation sites is 1. The third-order valence-corrected chi connectivity index (χ3v) is 2.52. The summed E-state index contributed by atoms with van der Waals surface area (Å²) >= 11 is 0. The molecule has 1 aromatic rings. The maximum atomic E-state index is 10.7. The minimum absolute atomic E-state index is 0.362. The largest absolute Gasteiger partial charge is 0.343 e. The molecule has 1 heterocycles. The number of hydrogen-bond acceptors (Lipinski definition) is 2. The van der Waals surface area contributed by atoms with Crippen molar-refractivity contribution >= 4 is 31.4 Å². The van der Waals surface area contributed by atoms with Gasteiger partial charge in [0.1, 0.15) is 5.84 Å². The van der Waals surface area contributed by atoms with Crippen molar-refractivity contribution in [1.29, 1.82) is 0 Å². The molecule has 1 aromatic carbocycles. The smallest absolute Gasteiger partial charge is 0.341 e. The molecule has 0 saturated carbocycles. The van der Waals surface area contributed by atoms with E-state index in [0.717, 1.165) is 11.3 Å². The van der Waals surface area contributed by atoms with E-state index < -0.39 is 9.24 Å². The number of rotatable bonds is 1. The van der Waals surface area contributed by atoms with E-state index in [1.54, 1.807) is 0 Å². The van der Waals surface area contributed by atoms with Crippen LogP contribution in [0, 0.1) is 0 Å². The van der Waals surface area contributed by atoms with E-state index in [2.05, 4.69) is 9.71 Å². The average molecular weight is 231 g/mol. The maximum Gasteiger partial charge on any atom is 0.341 e. The Morgan fingerprint density at radius 2 is 2.07 bits per heavy atom. The minimum atomic E-state index is -3.83. The average Bonchev–Trinajstić information content (AvgIpc) is 2.42. The van der Waals surface area contributed by atoms with E-state index >= 15 is 0 Å². The zero-order valence-electron chi connectivity index (χ0n) is 7.07. The number of halogens is 1. The van der Waals surface area contributed by atoms with Crippen molar-refractivity contribution in [2.75, 3.05) is 5.32 Å². The van der Waals surface area contributed by atoms with Gasteiger partial charge in [0.15, 0.2) is 0 Å². The predicted molar refractivity (Wildman–Crippen MR) is 56.0 cm³/mol. The number of hydrogen-bond donors (Lipinski definition) is 1. The molecule has 0 aromatic heterocycles. The summed E-state index contributed by atoms with van der Waals surface area (Å²) in [7, 11) is 1.17. The van der Waals surface area contributed by atoms with Gasteiger partial charge in [0.2, 0.25) is 0 Å². The Kier molecular flexibility index (Phi) is 2.20. The molecular formula is C8H7ClN2O2S. The third-order valence-electron chi connectivity index (χ3n) is 1.87. The normalized spacial score (nSPS) is 17.9. The van der Waals surface area contributed by atoms with Gasteiger partial charge in [-0.05, 0) is 11.6 Å². The highest BCUT2D eigenvalue weighted by atomic mass is 35.7. The van der Waals surface area contributed by atoms with E-state index in [0.29, 0.717) is 12.3 Å². The molecule has 14 heavy (non-hydrogen) atoms. The minimum Gasteiger partial charge on any atom is -0.343 e. The Morgan fingerprint density at radius 1 is 1.36 bits per heavy atom. The number of fused-ring (bicyclic) bond motifs is 1. The number of nitrogens with zero attached hydrogens (tertiary/aromatic N) is 1. The quantitative estimate of drug-likeness (QED) is 0.745. The summed E-state index contributed by atoms with van der Waals surface area (Å²) in [4.78, 5) is 0. The fourth-order valence-corrected chi connectivity index (χ4v) is 1.99. The first-order chi connectivity index (χ1) is 6.54. The van der Waals surface area contributed by atoms with E-state index in [9.17, 15) is 8.42 Å². The zero-order chi connectivity index (χ0) is 10.2. The molecule has 0 unspecified atom stereocenters. The summed E-state index contributed by atoms with van der Waals surface area (Å²) in [6.07, 6.45) is 0.474. The van der Waals surface area contributed by atoms with E-state index in [-0.39, 0.29) is 0 Å². The lowest BCUT2D eigenvalue weighted by atomic mass is 10.2. The van der Waals surface area contributed by atoms with Gasteiger partial charge in [0, 0.05) is 22.8 Å². The number of nitrogens with one attached hydrogen (secondary N) is 1. The second-order valence-electron chi connectivity index (χ2n) is 2.91. The fourth-order valence-electron chi connectivity index (χ4n) is 1.36. The Hall–Kier alpha value is -1.07. The molecule has 4 nitrogen and oxygen atoms in total. The van der Waals surface area contributed by atoms with Crippen LogP contribution in [0.3, 0.4) is 0 Å². The summed E-state index contributed by atoms with van der Waals surface area (Å²) in [5, 5.41) is 2.88. The van der Waals surface area contributed by atoms with Gasteiger partial charge in [-0.25, -0.2) is 0 Å². The second-order valence-corrected chi connectivity index (χ2v) is 5.09. The molecule has 74 valence electrons. The third kappa shape index (κ3) is 2.05. The lowest BCUT2D eigenvalue weighted by Crippen LogP contribution is -2.07. The molecule has 1 N–H and O–H groups in total. The Morgan fingerprint density at radius 3 is 2.71 bits per heavy atom. The van der Waals surface area contributed by atoms with Crippen molar-refractivity contribution < 1.29 is 8.42 Å². The standard InChI is InChI=1S/C8H7ClN2O2S/c9-14(12,13)11-8-5-6-3-1-2-4-7(6)10-8/h1-4H,5H2,(H,10,11). The topological polar surface area (TPSA) is 58.5 Å². The molecule has 0 aliphatic carbocycles. The Balaban J connectivity index is 2.33. The van der Waals surface area contributed by atoms with Gasteiger partial charge in [-0.15, -0.1) is 4.40 Å². The summed E-state index contributed by atoms with van der Waals surface area (Å²) in [6, 6.07) is 7.52. The predicted octanol–water partition coefficient (Wildman–Crippen LogP) is 1.54. The van der Waals surface area contributed by atoms with Crippen molar-refractivity contribution in [2.45, 2.75) is 6.42 Å². The van der Waals surface area contributed by atoms with Crippen LogP contribution < -0.4 is 5.32 Å². The summed E-state index contributed by atoms with van der Waals surface area (Å²) < 4.78 is 24.7. The number of benzene rings is 1. The van der Waals surface area contributed by atoms with Crippen LogP contribution in [0.1, 0.15) is 5.56 Å². The summed E-state index contributed by atoms with van der Waals surface area (Å²) in [5.41, 5.74) is 1.90. The van der Waals surface area contributed by atoms with Gasteiger partial charge in [-0.3, -0.25) is 0 Å². The molecular weight excluding hydrogens is 224 g/mol. The first-order valence-corrected chi connectivity index (χ1v) is 6.19. The van der Waals surface area contributed by atoms with Gasteiger partial charge in [-0.2, -0.15) is 8.42 Å². The highest BCUT2D eigenvalue weighted by Crippen LogP contribution is 2.22. The zero-order valence-corrected chi connectivity index (χ0v) is 8.64. The maximum absolute atomic E-state index is 10.7. The Bertz CT molecular complexity index is 469. The summed E-state index contributed by atoms with van der Waals surface area (Å²) in [5.74, 6) is 0.362. The molecule has 1 aliphatic rings. The van der Waals surface area contributed by atoms with Crippen molar-refractivity contribution in [3.8, 4) is 0 Å². The monoisotopic (exact) mass is 230 g/mol. The highest BCUT2D eigenvalue weighted by Gasteiger charge is 2.17.